The Bertz CT molecular complexity index is 615. The van der Waals surface area contributed by atoms with Crippen molar-refractivity contribution in [1.82, 2.24) is 4.90 Å². The maximum Gasteiger partial charge on any atom is 0.260 e. The summed E-state index contributed by atoms with van der Waals surface area (Å²) in [6.45, 7) is 1.89. The lowest BCUT2D eigenvalue weighted by atomic mass is 10.1. The lowest BCUT2D eigenvalue weighted by molar-refractivity contribution is -0.140. The standard InChI is InChI=1S/C19H21NO3/c21-19(15-23-17-9-5-2-6-10-17)20-11-12-22-18(14-20)13-16-7-3-1-4-8-16/h1-10,18H,11-15H2/t18-/m0/s1. The van der Waals surface area contributed by atoms with Gasteiger partial charge in [-0.25, -0.2) is 0 Å². The fraction of sp³-hybridized carbons (Fsp3) is 0.316. The van der Waals surface area contributed by atoms with Crippen LogP contribution in [0.1, 0.15) is 5.56 Å². The molecule has 1 saturated heterocycles. The molecule has 0 spiro atoms. The molecule has 1 aliphatic heterocycles. The van der Waals surface area contributed by atoms with Gasteiger partial charge in [0.1, 0.15) is 5.75 Å². The Kier molecular flexibility index (Phi) is 5.27. The molecule has 0 bridgehead atoms. The summed E-state index contributed by atoms with van der Waals surface area (Å²) >= 11 is 0. The molecule has 0 aromatic heterocycles. The number of benzene rings is 2. The molecule has 2 aromatic carbocycles. The number of rotatable bonds is 5. The third-order valence-corrected chi connectivity index (χ3v) is 3.90. The van der Waals surface area contributed by atoms with Gasteiger partial charge in [0.15, 0.2) is 6.61 Å². The third kappa shape index (κ3) is 4.57. The van der Waals surface area contributed by atoms with Gasteiger partial charge in [-0.1, -0.05) is 48.5 Å². The number of hydrogen-bond acceptors (Lipinski definition) is 3. The van der Waals surface area contributed by atoms with Gasteiger partial charge < -0.3 is 14.4 Å². The molecule has 4 nitrogen and oxygen atoms in total. The van der Waals surface area contributed by atoms with Crippen LogP contribution in [0.5, 0.6) is 5.75 Å². The lowest BCUT2D eigenvalue weighted by Gasteiger charge is -2.33. The highest BCUT2D eigenvalue weighted by molar-refractivity contribution is 5.77. The topological polar surface area (TPSA) is 38.8 Å². The summed E-state index contributed by atoms with van der Waals surface area (Å²) in [6, 6.07) is 19.6. The number of ether oxygens (including phenoxy) is 2. The second kappa shape index (κ2) is 7.79. The molecule has 1 fully saturated rings. The zero-order valence-electron chi connectivity index (χ0n) is 13.1. The van der Waals surface area contributed by atoms with E-state index in [1.807, 2.05) is 53.4 Å². The highest BCUT2D eigenvalue weighted by Gasteiger charge is 2.24. The first-order chi connectivity index (χ1) is 11.3. The summed E-state index contributed by atoms with van der Waals surface area (Å²) in [5.41, 5.74) is 1.23. The molecule has 3 rings (SSSR count). The van der Waals surface area contributed by atoms with E-state index >= 15 is 0 Å². The van der Waals surface area contributed by atoms with Crippen LogP contribution in [0.2, 0.25) is 0 Å². The van der Waals surface area contributed by atoms with Crippen LogP contribution < -0.4 is 4.74 Å². The van der Waals surface area contributed by atoms with Gasteiger partial charge in [-0.15, -0.1) is 0 Å². The van der Waals surface area contributed by atoms with Gasteiger partial charge in [-0.05, 0) is 17.7 Å². The summed E-state index contributed by atoms with van der Waals surface area (Å²) in [6.07, 6.45) is 0.872. The number of carbonyl (C=O) groups excluding carboxylic acids is 1. The number of para-hydroxylation sites is 1. The number of amides is 1. The molecule has 1 aliphatic rings. The molecule has 0 saturated carbocycles. The molecule has 0 aliphatic carbocycles. The monoisotopic (exact) mass is 311 g/mol. The maximum atomic E-state index is 12.3. The molecule has 0 radical (unpaired) electrons. The maximum absolute atomic E-state index is 12.3. The molecule has 23 heavy (non-hydrogen) atoms. The SMILES string of the molecule is O=C(COc1ccccc1)N1CCO[C@@H](Cc2ccccc2)C1. The number of carbonyl (C=O) groups is 1. The van der Waals surface area contributed by atoms with E-state index in [9.17, 15) is 4.79 Å². The van der Waals surface area contributed by atoms with Crippen molar-refractivity contribution in [3.05, 3.63) is 66.2 Å². The van der Waals surface area contributed by atoms with Crippen molar-refractivity contribution in [2.45, 2.75) is 12.5 Å². The largest absolute Gasteiger partial charge is 0.484 e. The van der Waals surface area contributed by atoms with E-state index in [0.29, 0.717) is 19.7 Å². The highest BCUT2D eigenvalue weighted by Crippen LogP contribution is 2.13. The van der Waals surface area contributed by atoms with Gasteiger partial charge in [-0.2, -0.15) is 0 Å². The van der Waals surface area contributed by atoms with Crippen LogP contribution in [0.4, 0.5) is 0 Å². The minimum absolute atomic E-state index is 0.00946. The summed E-state index contributed by atoms with van der Waals surface area (Å²) < 4.78 is 11.3. The van der Waals surface area contributed by atoms with Crippen LogP contribution in [-0.2, 0) is 16.0 Å². The second-order valence-electron chi connectivity index (χ2n) is 5.62. The van der Waals surface area contributed by atoms with Crippen LogP contribution in [-0.4, -0.2) is 43.2 Å². The highest BCUT2D eigenvalue weighted by atomic mass is 16.5. The van der Waals surface area contributed by atoms with E-state index in [-0.39, 0.29) is 18.6 Å². The molecular formula is C19H21NO3. The van der Waals surface area contributed by atoms with Gasteiger partial charge in [-0.3, -0.25) is 4.79 Å². The Morgan fingerprint density at radius 2 is 1.78 bits per heavy atom. The van der Waals surface area contributed by atoms with Crippen LogP contribution in [0, 0.1) is 0 Å². The summed E-state index contributed by atoms with van der Waals surface area (Å²) in [5.74, 6) is 0.727. The molecule has 2 aromatic rings. The Morgan fingerprint density at radius 1 is 1.09 bits per heavy atom. The lowest BCUT2D eigenvalue weighted by Crippen LogP contribution is -2.47. The molecule has 1 atom stereocenters. The van der Waals surface area contributed by atoms with Crippen molar-refractivity contribution in [3.8, 4) is 5.75 Å². The van der Waals surface area contributed by atoms with E-state index in [1.54, 1.807) is 0 Å². The molecule has 1 amide bonds. The zero-order valence-corrected chi connectivity index (χ0v) is 13.1. The van der Waals surface area contributed by atoms with E-state index in [4.69, 9.17) is 9.47 Å². The summed E-state index contributed by atoms with van der Waals surface area (Å²) in [5, 5.41) is 0. The average molecular weight is 311 g/mol. The van der Waals surface area contributed by atoms with Crippen molar-refractivity contribution in [3.63, 3.8) is 0 Å². The zero-order chi connectivity index (χ0) is 15.9. The Balaban J connectivity index is 1.50. The third-order valence-electron chi connectivity index (χ3n) is 3.90. The predicted octanol–water partition coefficient (Wildman–Crippen LogP) is 2.54. The van der Waals surface area contributed by atoms with E-state index in [1.165, 1.54) is 5.56 Å². The first-order valence-corrected chi connectivity index (χ1v) is 7.92. The average Bonchev–Trinajstić information content (AvgIpc) is 2.62. The predicted molar refractivity (Wildman–Crippen MR) is 88.4 cm³/mol. The molecule has 4 heteroatoms. The second-order valence-corrected chi connectivity index (χ2v) is 5.62. The van der Waals surface area contributed by atoms with E-state index in [0.717, 1.165) is 12.2 Å². The number of nitrogens with zero attached hydrogens (tertiary/aromatic N) is 1. The van der Waals surface area contributed by atoms with E-state index in [2.05, 4.69) is 12.1 Å². The number of hydrogen-bond donors (Lipinski definition) is 0. The van der Waals surface area contributed by atoms with Gasteiger partial charge in [0.05, 0.1) is 12.7 Å². The van der Waals surface area contributed by atoms with Crippen molar-refractivity contribution in [1.29, 1.82) is 0 Å². The van der Waals surface area contributed by atoms with Gasteiger partial charge in [0.25, 0.3) is 5.91 Å². The van der Waals surface area contributed by atoms with Crippen LogP contribution in [0.15, 0.2) is 60.7 Å². The van der Waals surface area contributed by atoms with Crippen molar-refractivity contribution in [2.75, 3.05) is 26.3 Å². The van der Waals surface area contributed by atoms with Crippen molar-refractivity contribution < 1.29 is 14.3 Å². The Labute approximate surface area is 136 Å². The van der Waals surface area contributed by atoms with Crippen LogP contribution in [0.25, 0.3) is 0 Å². The van der Waals surface area contributed by atoms with Crippen LogP contribution in [0.3, 0.4) is 0 Å². The van der Waals surface area contributed by atoms with Crippen LogP contribution >= 0.6 is 0 Å². The summed E-state index contributed by atoms with van der Waals surface area (Å²) in [7, 11) is 0. The molecule has 0 N–H and O–H groups in total. The normalized spacial score (nSPS) is 17.7. The minimum Gasteiger partial charge on any atom is -0.484 e. The summed E-state index contributed by atoms with van der Waals surface area (Å²) in [4.78, 5) is 14.1. The smallest absolute Gasteiger partial charge is 0.260 e. The van der Waals surface area contributed by atoms with Crippen molar-refractivity contribution in [2.24, 2.45) is 0 Å². The van der Waals surface area contributed by atoms with Crippen molar-refractivity contribution >= 4 is 5.91 Å². The fourth-order valence-electron chi connectivity index (χ4n) is 2.70. The Morgan fingerprint density at radius 3 is 2.52 bits per heavy atom. The molecule has 1 heterocycles. The Hall–Kier alpha value is -2.33. The van der Waals surface area contributed by atoms with Gasteiger partial charge in [0.2, 0.25) is 0 Å². The fourth-order valence-corrected chi connectivity index (χ4v) is 2.70. The first-order valence-electron chi connectivity index (χ1n) is 7.92. The molecule has 120 valence electrons. The minimum atomic E-state index is 0.00946. The van der Waals surface area contributed by atoms with E-state index < -0.39 is 0 Å². The molecular weight excluding hydrogens is 290 g/mol. The quantitative estimate of drug-likeness (QED) is 0.852. The molecule has 0 unspecified atom stereocenters. The first kappa shape index (κ1) is 15.6. The van der Waals surface area contributed by atoms with Gasteiger partial charge in [0, 0.05) is 19.5 Å². The van der Waals surface area contributed by atoms with Gasteiger partial charge >= 0.3 is 0 Å². The number of morpholine rings is 1.